The number of nitrogens with zero attached hydrogens (tertiary/aromatic N) is 1. The molecule has 2 N–H and O–H groups in total. The standard InChI is InChI=1S/C32H42N2O6/c1-3-4-5-6-8-11-14-18-26(2)19-15-12-9-7-10-13-16-21-30(37)40-32(39)28(22-23-29(35)36)34-31(38)27-20-17-24-33-25-27/h4-5,7-8,10-12,15,17-18,20,24-25,28H,3,6,9,13-14,16,19,21-23H2,1-2H3,(H,34,38)(H,35,36). The molecule has 1 amide bonds. The number of esters is 2. The van der Waals surface area contributed by atoms with Gasteiger partial charge in [-0.25, -0.2) is 4.79 Å². The van der Waals surface area contributed by atoms with Crippen molar-refractivity contribution in [3.63, 3.8) is 0 Å². The van der Waals surface area contributed by atoms with E-state index in [4.69, 9.17) is 9.84 Å². The number of hydrogen-bond acceptors (Lipinski definition) is 6. The maximum absolute atomic E-state index is 12.4. The molecule has 1 rings (SSSR count). The third-order valence-corrected chi connectivity index (χ3v) is 5.62. The predicted octanol–water partition coefficient (Wildman–Crippen LogP) is 6.43. The van der Waals surface area contributed by atoms with Crippen LogP contribution in [0.25, 0.3) is 0 Å². The normalized spacial score (nSPS) is 12.9. The van der Waals surface area contributed by atoms with Gasteiger partial charge in [0.1, 0.15) is 6.04 Å². The molecule has 0 aliphatic heterocycles. The number of carboxylic acid groups (broad SMARTS) is 1. The molecule has 0 fully saturated rings. The zero-order valence-electron chi connectivity index (χ0n) is 23.6. The Morgan fingerprint density at radius 1 is 0.975 bits per heavy atom. The molecule has 40 heavy (non-hydrogen) atoms. The lowest BCUT2D eigenvalue weighted by molar-refractivity contribution is -0.161. The monoisotopic (exact) mass is 550 g/mol. The maximum atomic E-state index is 12.4. The molecule has 0 spiro atoms. The van der Waals surface area contributed by atoms with Crippen LogP contribution in [0.2, 0.25) is 0 Å². The Morgan fingerprint density at radius 2 is 1.68 bits per heavy atom. The number of rotatable bonds is 19. The van der Waals surface area contributed by atoms with Crippen molar-refractivity contribution in [1.29, 1.82) is 0 Å². The molecular weight excluding hydrogens is 508 g/mol. The Morgan fingerprint density at radius 3 is 2.38 bits per heavy atom. The number of ether oxygens (including phenoxy) is 1. The van der Waals surface area contributed by atoms with E-state index in [1.165, 1.54) is 24.0 Å². The highest BCUT2D eigenvalue weighted by Crippen LogP contribution is 2.08. The number of pyridine rings is 1. The minimum Gasteiger partial charge on any atom is -0.481 e. The molecule has 0 aromatic carbocycles. The largest absolute Gasteiger partial charge is 0.481 e. The van der Waals surface area contributed by atoms with E-state index in [2.05, 4.69) is 66.7 Å². The van der Waals surface area contributed by atoms with Crippen LogP contribution in [0.1, 0.15) is 88.4 Å². The predicted molar refractivity (Wildman–Crippen MR) is 156 cm³/mol. The number of carboxylic acids is 1. The highest BCUT2D eigenvalue weighted by molar-refractivity contribution is 5.98. The Labute approximate surface area is 237 Å². The third kappa shape index (κ3) is 17.4. The van der Waals surface area contributed by atoms with Crippen LogP contribution in [0, 0.1) is 0 Å². The number of aromatic nitrogens is 1. The molecular formula is C32H42N2O6. The smallest absolute Gasteiger partial charge is 0.336 e. The first kappa shape index (κ1) is 34.0. The molecule has 0 aliphatic rings. The quantitative estimate of drug-likeness (QED) is 0.0881. The molecule has 0 saturated carbocycles. The molecule has 8 nitrogen and oxygen atoms in total. The van der Waals surface area contributed by atoms with E-state index in [1.54, 1.807) is 6.07 Å². The summed E-state index contributed by atoms with van der Waals surface area (Å²) in [5, 5.41) is 11.4. The minimum atomic E-state index is -1.26. The van der Waals surface area contributed by atoms with Crippen LogP contribution >= 0.6 is 0 Å². The van der Waals surface area contributed by atoms with Gasteiger partial charge in [-0.05, 0) is 70.4 Å². The van der Waals surface area contributed by atoms with Gasteiger partial charge in [0.25, 0.3) is 5.91 Å². The molecule has 8 heteroatoms. The summed E-state index contributed by atoms with van der Waals surface area (Å²) in [6.07, 6.45) is 27.3. The van der Waals surface area contributed by atoms with Gasteiger partial charge in [0.15, 0.2) is 0 Å². The first-order chi connectivity index (χ1) is 19.3. The highest BCUT2D eigenvalue weighted by atomic mass is 16.6. The fraction of sp³-hybridized carbons (Fsp3) is 0.406. The van der Waals surface area contributed by atoms with E-state index in [-0.39, 0.29) is 24.8 Å². The molecule has 0 saturated heterocycles. The number of carbonyl (C=O) groups excluding carboxylic acids is 3. The number of amides is 1. The Hall–Kier alpha value is -4.07. The molecule has 0 radical (unpaired) electrons. The molecule has 1 unspecified atom stereocenters. The number of carbonyl (C=O) groups is 4. The van der Waals surface area contributed by atoms with Crippen LogP contribution in [0.4, 0.5) is 0 Å². The summed E-state index contributed by atoms with van der Waals surface area (Å²) in [6, 6.07) is 1.80. The van der Waals surface area contributed by atoms with Gasteiger partial charge < -0.3 is 15.2 Å². The van der Waals surface area contributed by atoms with Gasteiger partial charge in [0.2, 0.25) is 0 Å². The number of hydrogen-bond donors (Lipinski definition) is 2. The van der Waals surface area contributed by atoms with Crippen LogP contribution in [0.5, 0.6) is 0 Å². The number of nitrogens with one attached hydrogen (secondary N) is 1. The van der Waals surface area contributed by atoms with Gasteiger partial charge in [-0.3, -0.25) is 19.4 Å². The van der Waals surface area contributed by atoms with Crippen LogP contribution in [-0.4, -0.2) is 39.9 Å². The van der Waals surface area contributed by atoms with E-state index < -0.39 is 29.9 Å². The van der Waals surface area contributed by atoms with Crippen molar-refractivity contribution >= 4 is 23.8 Å². The van der Waals surface area contributed by atoms with Crippen molar-refractivity contribution in [1.82, 2.24) is 10.3 Å². The lowest BCUT2D eigenvalue weighted by atomic mass is 10.1. The van der Waals surface area contributed by atoms with E-state index in [0.29, 0.717) is 12.8 Å². The summed E-state index contributed by atoms with van der Waals surface area (Å²) in [5.74, 6) is -3.44. The Kier molecular flexibility index (Phi) is 18.5. The lowest BCUT2D eigenvalue weighted by Crippen LogP contribution is -2.42. The summed E-state index contributed by atoms with van der Waals surface area (Å²) in [4.78, 5) is 51.7. The van der Waals surface area contributed by atoms with Crippen molar-refractivity contribution in [3.05, 3.63) is 90.3 Å². The van der Waals surface area contributed by atoms with Crippen LogP contribution < -0.4 is 5.32 Å². The average Bonchev–Trinajstić information content (AvgIpc) is 2.94. The SMILES string of the molecule is CCC=CCC=CCC=C(C)CC=CCC=CCCCC(=O)OC(=O)C(CCC(=O)O)NC(=O)c1cccnc1. The lowest BCUT2D eigenvalue weighted by Gasteiger charge is -2.16. The average molecular weight is 551 g/mol. The summed E-state index contributed by atoms with van der Waals surface area (Å²) in [7, 11) is 0. The number of aliphatic carboxylic acids is 1. The highest BCUT2D eigenvalue weighted by Gasteiger charge is 2.25. The Bertz CT molecular complexity index is 1070. The van der Waals surface area contributed by atoms with Gasteiger partial charge in [0.05, 0.1) is 5.56 Å². The van der Waals surface area contributed by atoms with Crippen LogP contribution in [0.15, 0.2) is 84.8 Å². The summed E-state index contributed by atoms with van der Waals surface area (Å²) < 4.78 is 4.87. The fourth-order valence-electron chi connectivity index (χ4n) is 3.40. The van der Waals surface area contributed by atoms with Gasteiger partial charge in [-0.2, -0.15) is 0 Å². The van der Waals surface area contributed by atoms with Gasteiger partial charge in [-0.1, -0.05) is 67.2 Å². The van der Waals surface area contributed by atoms with Gasteiger partial charge >= 0.3 is 17.9 Å². The molecule has 1 atom stereocenters. The van der Waals surface area contributed by atoms with Crippen LogP contribution in [0.3, 0.4) is 0 Å². The first-order valence-electron chi connectivity index (χ1n) is 13.8. The van der Waals surface area contributed by atoms with Crippen molar-refractivity contribution in [2.75, 3.05) is 0 Å². The van der Waals surface area contributed by atoms with E-state index in [9.17, 15) is 19.2 Å². The van der Waals surface area contributed by atoms with E-state index in [1.807, 2.05) is 12.2 Å². The van der Waals surface area contributed by atoms with E-state index >= 15 is 0 Å². The zero-order chi connectivity index (χ0) is 29.4. The zero-order valence-corrected chi connectivity index (χ0v) is 23.6. The molecule has 0 bridgehead atoms. The third-order valence-electron chi connectivity index (χ3n) is 5.62. The molecule has 1 aromatic rings. The van der Waals surface area contributed by atoms with Crippen molar-refractivity contribution in [2.45, 2.75) is 84.1 Å². The van der Waals surface area contributed by atoms with Gasteiger partial charge in [0, 0.05) is 25.2 Å². The molecule has 216 valence electrons. The second-order valence-corrected chi connectivity index (χ2v) is 9.14. The topological polar surface area (TPSA) is 123 Å². The maximum Gasteiger partial charge on any atom is 0.336 e. The number of allylic oxidation sites excluding steroid dienone is 10. The van der Waals surface area contributed by atoms with Gasteiger partial charge in [-0.15, -0.1) is 0 Å². The Balaban J connectivity index is 2.32. The van der Waals surface area contributed by atoms with Crippen LogP contribution in [-0.2, 0) is 19.1 Å². The molecule has 0 aliphatic carbocycles. The fourth-order valence-corrected chi connectivity index (χ4v) is 3.40. The second kappa shape index (κ2) is 21.8. The first-order valence-corrected chi connectivity index (χ1v) is 13.8. The summed E-state index contributed by atoms with van der Waals surface area (Å²) >= 11 is 0. The van der Waals surface area contributed by atoms with Crippen molar-refractivity contribution < 1.29 is 29.0 Å². The summed E-state index contributed by atoms with van der Waals surface area (Å²) in [6.45, 7) is 4.25. The van der Waals surface area contributed by atoms with Crippen molar-refractivity contribution in [3.8, 4) is 0 Å². The number of unbranched alkanes of at least 4 members (excludes halogenated alkanes) is 1. The molecule has 1 aromatic heterocycles. The minimum absolute atomic E-state index is 0.0292. The second-order valence-electron chi connectivity index (χ2n) is 9.14. The summed E-state index contributed by atoms with van der Waals surface area (Å²) in [5.41, 5.74) is 1.53. The molecule has 1 heterocycles. The van der Waals surface area contributed by atoms with Crippen molar-refractivity contribution in [2.24, 2.45) is 0 Å². The van der Waals surface area contributed by atoms with E-state index in [0.717, 1.165) is 32.1 Å².